The second-order valence-corrected chi connectivity index (χ2v) is 6.37. The standard InChI is InChI=1S/C14H13ClN4OS/c1-8-7-19-14(16-8)21-13(18-19)17-11-5-6-20-12-9(11)3-2-4-10(12)15/h2-4,7,11H,5-6H2,1H3,(H,17,18)/t11-/m1/s1. The first-order valence-corrected chi connectivity index (χ1v) is 7.91. The number of para-hydroxylation sites is 1. The maximum atomic E-state index is 6.19. The molecule has 0 saturated carbocycles. The largest absolute Gasteiger partial charge is 0.492 e. The highest BCUT2D eigenvalue weighted by Crippen LogP contribution is 2.39. The summed E-state index contributed by atoms with van der Waals surface area (Å²) >= 11 is 7.74. The monoisotopic (exact) mass is 320 g/mol. The molecule has 2 aromatic heterocycles. The molecule has 0 aliphatic carbocycles. The number of hydrogen-bond donors (Lipinski definition) is 1. The summed E-state index contributed by atoms with van der Waals surface area (Å²) in [5, 5.41) is 9.49. The Labute approximate surface area is 130 Å². The predicted molar refractivity (Wildman–Crippen MR) is 83.5 cm³/mol. The van der Waals surface area contributed by atoms with Crippen molar-refractivity contribution in [2.75, 3.05) is 11.9 Å². The molecule has 4 rings (SSSR count). The minimum absolute atomic E-state index is 0.157. The Morgan fingerprint density at radius 3 is 3.24 bits per heavy atom. The molecule has 1 aromatic carbocycles. The van der Waals surface area contributed by atoms with Crippen LogP contribution in [0, 0.1) is 6.92 Å². The zero-order chi connectivity index (χ0) is 14.4. The minimum atomic E-state index is 0.157. The highest BCUT2D eigenvalue weighted by molar-refractivity contribution is 7.20. The number of nitrogens with one attached hydrogen (secondary N) is 1. The second kappa shape index (κ2) is 4.89. The molecule has 0 fully saturated rings. The molecule has 0 amide bonds. The molecule has 0 radical (unpaired) electrons. The van der Waals surface area contributed by atoms with Gasteiger partial charge in [-0.15, -0.1) is 5.10 Å². The van der Waals surface area contributed by atoms with Crippen molar-refractivity contribution in [1.29, 1.82) is 0 Å². The van der Waals surface area contributed by atoms with E-state index in [1.807, 2.05) is 31.3 Å². The topological polar surface area (TPSA) is 51.5 Å². The molecule has 1 aliphatic heterocycles. The van der Waals surface area contributed by atoms with E-state index in [-0.39, 0.29) is 6.04 Å². The van der Waals surface area contributed by atoms with E-state index in [0.717, 1.165) is 33.5 Å². The Balaban J connectivity index is 1.66. The van der Waals surface area contributed by atoms with Gasteiger partial charge in [0.2, 0.25) is 10.1 Å². The fraction of sp³-hybridized carbons (Fsp3) is 0.286. The zero-order valence-electron chi connectivity index (χ0n) is 11.3. The molecule has 0 saturated heterocycles. The van der Waals surface area contributed by atoms with E-state index in [1.54, 1.807) is 15.9 Å². The zero-order valence-corrected chi connectivity index (χ0v) is 12.9. The molecule has 108 valence electrons. The van der Waals surface area contributed by atoms with Gasteiger partial charge in [0.15, 0.2) is 0 Å². The molecular formula is C14H13ClN4OS. The lowest BCUT2D eigenvalue weighted by atomic mass is 10.0. The molecule has 0 bridgehead atoms. The Morgan fingerprint density at radius 1 is 1.48 bits per heavy atom. The fourth-order valence-electron chi connectivity index (χ4n) is 2.55. The van der Waals surface area contributed by atoms with Crippen LogP contribution in [0.1, 0.15) is 23.7 Å². The summed E-state index contributed by atoms with van der Waals surface area (Å²) in [5.41, 5.74) is 2.06. The summed E-state index contributed by atoms with van der Waals surface area (Å²) in [6, 6.07) is 6.00. The van der Waals surface area contributed by atoms with E-state index < -0.39 is 0 Å². The Hall–Kier alpha value is -1.79. The molecule has 3 aromatic rings. The number of anilines is 1. The number of ether oxygens (including phenoxy) is 1. The van der Waals surface area contributed by atoms with E-state index in [4.69, 9.17) is 16.3 Å². The van der Waals surface area contributed by atoms with Crippen LogP contribution < -0.4 is 10.1 Å². The van der Waals surface area contributed by atoms with Crippen LogP contribution >= 0.6 is 22.9 Å². The van der Waals surface area contributed by atoms with Crippen LogP contribution in [0.3, 0.4) is 0 Å². The number of fused-ring (bicyclic) bond motifs is 2. The van der Waals surface area contributed by atoms with E-state index in [0.29, 0.717) is 11.6 Å². The summed E-state index contributed by atoms with van der Waals surface area (Å²) in [4.78, 5) is 5.32. The fourth-order valence-corrected chi connectivity index (χ4v) is 3.67. The van der Waals surface area contributed by atoms with Crippen molar-refractivity contribution in [3.05, 3.63) is 40.7 Å². The average molecular weight is 321 g/mol. The van der Waals surface area contributed by atoms with Crippen LogP contribution in [0.2, 0.25) is 5.02 Å². The SMILES string of the molecule is Cc1cn2nc(N[C@@H]3CCOc4c(Cl)cccc43)sc2n1. The van der Waals surface area contributed by atoms with Gasteiger partial charge in [-0.2, -0.15) is 0 Å². The number of rotatable bonds is 2. The number of hydrogen-bond acceptors (Lipinski definition) is 5. The van der Waals surface area contributed by atoms with Crippen LogP contribution in [-0.4, -0.2) is 21.2 Å². The van der Waals surface area contributed by atoms with Crippen LogP contribution in [0.5, 0.6) is 5.75 Å². The van der Waals surface area contributed by atoms with Gasteiger partial charge in [0.25, 0.3) is 0 Å². The maximum absolute atomic E-state index is 6.19. The summed E-state index contributed by atoms with van der Waals surface area (Å²) in [5.74, 6) is 0.778. The van der Waals surface area contributed by atoms with Gasteiger partial charge in [0.1, 0.15) is 5.75 Å². The lowest BCUT2D eigenvalue weighted by molar-refractivity contribution is 0.274. The summed E-state index contributed by atoms with van der Waals surface area (Å²) in [7, 11) is 0. The Kier molecular flexibility index (Phi) is 3.01. The van der Waals surface area contributed by atoms with Crippen molar-refractivity contribution in [2.45, 2.75) is 19.4 Å². The molecule has 0 spiro atoms. The highest BCUT2D eigenvalue weighted by atomic mass is 35.5. The molecule has 1 aliphatic rings. The van der Waals surface area contributed by atoms with Crippen molar-refractivity contribution >= 4 is 33.0 Å². The van der Waals surface area contributed by atoms with Gasteiger partial charge in [0.05, 0.1) is 29.6 Å². The molecule has 0 unspecified atom stereocenters. The predicted octanol–water partition coefficient (Wildman–Crippen LogP) is 3.69. The van der Waals surface area contributed by atoms with E-state index in [2.05, 4.69) is 15.4 Å². The molecular weight excluding hydrogens is 308 g/mol. The van der Waals surface area contributed by atoms with Crippen LogP contribution in [-0.2, 0) is 0 Å². The van der Waals surface area contributed by atoms with Crippen molar-refractivity contribution in [3.63, 3.8) is 0 Å². The molecule has 21 heavy (non-hydrogen) atoms. The third-order valence-corrected chi connectivity index (χ3v) is 4.64. The first-order chi connectivity index (χ1) is 10.2. The van der Waals surface area contributed by atoms with Crippen molar-refractivity contribution in [2.24, 2.45) is 0 Å². The van der Waals surface area contributed by atoms with E-state index >= 15 is 0 Å². The first kappa shape index (κ1) is 12.9. The van der Waals surface area contributed by atoms with Gasteiger partial charge in [-0.25, -0.2) is 9.50 Å². The molecule has 1 atom stereocenters. The van der Waals surface area contributed by atoms with Crippen LogP contribution in [0.4, 0.5) is 5.13 Å². The third kappa shape index (κ3) is 2.24. The van der Waals surface area contributed by atoms with Crippen molar-refractivity contribution in [1.82, 2.24) is 14.6 Å². The lowest BCUT2D eigenvalue weighted by Crippen LogP contribution is -2.20. The number of halogens is 1. The normalized spacial score (nSPS) is 17.5. The Morgan fingerprint density at radius 2 is 2.38 bits per heavy atom. The first-order valence-electron chi connectivity index (χ1n) is 6.71. The van der Waals surface area contributed by atoms with Crippen LogP contribution in [0.25, 0.3) is 4.96 Å². The molecule has 5 nitrogen and oxygen atoms in total. The highest BCUT2D eigenvalue weighted by Gasteiger charge is 2.24. The molecule has 3 heterocycles. The van der Waals surface area contributed by atoms with E-state index in [1.165, 1.54) is 0 Å². The smallest absolute Gasteiger partial charge is 0.214 e. The number of aromatic nitrogens is 3. The Bertz CT molecular complexity index is 781. The van der Waals surface area contributed by atoms with Gasteiger partial charge in [-0.05, 0) is 13.0 Å². The summed E-state index contributed by atoms with van der Waals surface area (Å²) in [6.07, 6.45) is 2.81. The second-order valence-electron chi connectivity index (χ2n) is 5.01. The minimum Gasteiger partial charge on any atom is -0.492 e. The average Bonchev–Trinajstić information content (AvgIpc) is 2.96. The van der Waals surface area contributed by atoms with Gasteiger partial charge >= 0.3 is 0 Å². The molecule has 1 N–H and O–H groups in total. The number of aryl methyl sites for hydroxylation is 1. The third-order valence-electron chi connectivity index (χ3n) is 3.49. The van der Waals surface area contributed by atoms with E-state index in [9.17, 15) is 0 Å². The van der Waals surface area contributed by atoms with Gasteiger partial charge in [0, 0.05) is 12.0 Å². The molecule has 7 heteroatoms. The lowest BCUT2D eigenvalue weighted by Gasteiger charge is -2.26. The van der Waals surface area contributed by atoms with Crippen molar-refractivity contribution < 1.29 is 4.74 Å². The summed E-state index contributed by atoms with van der Waals surface area (Å²) < 4.78 is 7.48. The quantitative estimate of drug-likeness (QED) is 0.782. The van der Waals surface area contributed by atoms with Gasteiger partial charge in [-0.1, -0.05) is 35.1 Å². The van der Waals surface area contributed by atoms with Crippen molar-refractivity contribution in [3.8, 4) is 5.75 Å². The summed E-state index contributed by atoms with van der Waals surface area (Å²) in [6.45, 7) is 2.61. The van der Waals surface area contributed by atoms with Crippen LogP contribution in [0.15, 0.2) is 24.4 Å². The van der Waals surface area contributed by atoms with Gasteiger partial charge in [-0.3, -0.25) is 0 Å². The number of imidazole rings is 1. The number of benzene rings is 1. The number of nitrogens with zero attached hydrogens (tertiary/aromatic N) is 3. The van der Waals surface area contributed by atoms with Gasteiger partial charge < -0.3 is 10.1 Å². The maximum Gasteiger partial charge on any atom is 0.214 e.